The third-order valence-electron chi connectivity index (χ3n) is 4.38. The zero-order valence-electron chi connectivity index (χ0n) is 14.7. The summed E-state index contributed by atoms with van der Waals surface area (Å²) >= 11 is 0. The van der Waals surface area contributed by atoms with Gasteiger partial charge >= 0.3 is 5.97 Å². The van der Waals surface area contributed by atoms with Crippen LogP contribution in [0, 0.1) is 5.92 Å². The largest absolute Gasteiger partial charge is 0.452 e. The third kappa shape index (κ3) is 4.47. The van der Waals surface area contributed by atoms with Crippen molar-refractivity contribution in [3.8, 4) is 0 Å². The first kappa shape index (κ1) is 20.1. The van der Waals surface area contributed by atoms with Gasteiger partial charge in [0.1, 0.15) is 0 Å². The highest BCUT2D eigenvalue weighted by atomic mass is 32.2. The summed E-state index contributed by atoms with van der Waals surface area (Å²) in [5, 5.41) is 0. The zero-order chi connectivity index (χ0) is 19.5. The first-order chi connectivity index (χ1) is 12.1. The summed E-state index contributed by atoms with van der Waals surface area (Å²) in [6.07, 6.45) is -0.409. The number of primary amides is 1. The lowest BCUT2D eigenvalue weighted by atomic mass is 9.98. The first-order valence-corrected chi connectivity index (χ1v) is 9.68. The fourth-order valence-corrected chi connectivity index (χ4v) is 4.14. The highest BCUT2D eigenvalue weighted by Gasteiger charge is 2.33. The predicted octanol–water partition coefficient (Wildman–Crippen LogP) is 0.707. The second-order valence-corrected chi connectivity index (χ2v) is 8.18. The van der Waals surface area contributed by atoms with Crippen molar-refractivity contribution in [3.05, 3.63) is 29.8 Å². The van der Waals surface area contributed by atoms with E-state index in [1.54, 1.807) is 0 Å². The van der Waals surface area contributed by atoms with Crippen molar-refractivity contribution in [2.24, 2.45) is 11.7 Å². The molecular formula is C17H22N2O6S. The molecule has 8 nitrogen and oxygen atoms in total. The summed E-state index contributed by atoms with van der Waals surface area (Å²) in [5.41, 5.74) is 5.50. The summed E-state index contributed by atoms with van der Waals surface area (Å²) in [4.78, 5) is 34.4. The molecule has 1 aromatic carbocycles. The van der Waals surface area contributed by atoms with Crippen LogP contribution in [0.3, 0.4) is 0 Å². The molecule has 1 amide bonds. The monoisotopic (exact) mass is 382 g/mol. The predicted molar refractivity (Wildman–Crippen MR) is 92.7 cm³/mol. The van der Waals surface area contributed by atoms with Gasteiger partial charge in [-0.1, -0.05) is 12.1 Å². The lowest BCUT2D eigenvalue weighted by molar-refractivity contribution is -0.159. The Hall–Kier alpha value is -2.26. The molecule has 0 aliphatic carbocycles. The number of piperidine rings is 1. The molecule has 0 unspecified atom stereocenters. The molecule has 1 aromatic rings. The highest BCUT2D eigenvalue weighted by Crippen LogP contribution is 2.25. The van der Waals surface area contributed by atoms with Crippen molar-refractivity contribution in [1.82, 2.24) is 4.31 Å². The number of amides is 1. The van der Waals surface area contributed by atoms with Gasteiger partial charge in [0.15, 0.2) is 11.9 Å². The molecule has 142 valence electrons. The fraction of sp³-hybridized carbons (Fsp3) is 0.471. The van der Waals surface area contributed by atoms with Crippen molar-refractivity contribution >= 4 is 27.7 Å². The fourth-order valence-electron chi connectivity index (χ4n) is 2.67. The number of Topliss-reactive ketones (excluding diaryl/α,β-unsaturated/α-hetero) is 1. The van der Waals surface area contributed by atoms with Crippen molar-refractivity contribution < 1.29 is 27.5 Å². The van der Waals surface area contributed by atoms with E-state index in [1.165, 1.54) is 42.4 Å². The molecule has 1 aliphatic heterocycles. The number of sulfonamides is 1. The Morgan fingerprint density at radius 1 is 1.15 bits per heavy atom. The van der Waals surface area contributed by atoms with Crippen LogP contribution < -0.4 is 5.73 Å². The maximum absolute atomic E-state index is 12.7. The number of rotatable bonds is 6. The van der Waals surface area contributed by atoms with E-state index in [9.17, 15) is 22.8 Å². The second-order valence-electron chi connectivity index (χ2n) is 6.24. The van der Waals surface area contributed by atoms with Crippen LogP contribution in [0.15, 0.2) is 29.2 Å². The van der Waals surface area contributed by atoms with Crippen LogP contribution in [0.4, 0.5) is 0 Å². The standard InChI is InChI=1S/C17H22N2O6S/c1-11(20)13-3-5-15(6-4-13)26(23,24)19-9-7-14(8-10-19)17(22)25-12(2)16(18)21/h3-6,12,14H,7-10H2,1-2H3,(H2,18,21)/t12-/m0/s1. The number of carbonyl (C=O) groups excluding carboxylic acids is 3. The van der Waals surface area contributed by atoms with Crippen molar-refractivity contribution in [1.29, 1.82) is 0 Å². The van der Waals surface area contributed by atoms with Crippen LogP contribution in [0.5, 0.6) is 0 Å². The maximum Gasteiger partial charge on any atom is 0.309 e. The average Bonchev–Trinajstić information content (AvgIpc) is 2.61. The van der Waals surface area contributed by atoms with Crippen LogP contribution in [0.25, 0.3) is 0 Å². The Labute approximate surface area is 152 Å². The lowest BCUT2D eigenvalue weighted by Gasteiger charge is -2.30. The van der Waals surface area contributed by atoms with Crippen LogP contribution in [-0.4, -0.2) is 49.6 Å². The van der Waals surface area contributed by atoms with E-state index in [1.807, 2.05) is 0 Å². The number of nitrogens with zero attached hydrogens (tertiary/aromatic N) is 1. The number of hydrogen-bond donors (Lipinski definition) is 1. The quantitative estimate of drug-likeness (QED) is 0.571. The molecule has 1 fully saturated rings. The molecule has 1 aliphatic rings. The van der Waals surface area contributed by atoms with Gasteiger partial charge in [-0.3, -0.25) is 14.4 Å². The lowest BCUT2D eigenvalue weighted by Crippen LogP contribution is -2.41. The van der Waals surface area contributed by atoms with Crippen molar-refractivity contribution in [2.45, 2.75) is 37.7 Å². The molecule has 2 N–H and O–H groups in total. The summed E-state index contributed by atoms with van der Waals surface area (Å²) in [7, 11) is -3.69. The van der Waals surface area contributed by atoms with Gasteiger partial charge in [-0.05, 0) is 38.8 Å². The number of ketones is 1. The van der Waals surface area contributed by atoms with E-state index in [0.29, 0.717) is 18.4 Å². The molecule has 0 saturated carbocycles. The number of benzene rings is 1. The normalized spacial score (nSPS) is 17.5. The molecule has 0 bridgehead atoms. The molecule has 2 rings (SSSR count). The molecule has 1 saturated heterocycles. The van der Waals surface area contributed by atoms with Gasteiger partial charge < -0.3 is 10.5 Å². The van der Waals surface area contributed by atoms with Crippen molar-refractivity contribution in [2.75, 3.05) is 13.1 Å². The van der Waals surface area contributed by atoms with Gasteiger partial charge in [0, 0.05) is 18.7 Å². The molecule has 0 spiro atoms. The smallest absolute Gasteiger partial charge is 0.309 e. The Morgan fingerprint density at radius 2 is 1.69 bits per heavy atom. The molecule has 0 aromatic heterocycles. The van der Waals surface area contributed by atoms with Crippen molar-refractivity contribution in [3.63, 3.8) is 0 Å². The Kier molecular flexibility index (Phi) is 6.14. The van der Waals surface area contributed by atoms with Gasteiger partial charge in [0.25, 0.3) is 5.91 Å². The van der Waals surface area contributed by atoms with Gasteiger partial charge in [-0.25, -0.2) is 8.42 Å². The van der Waals surface area contributed by atoms with E-state index in [2.05, 4.69) is 0 Å². The van der Waals surface area contributed by atoms with Crippen LogP contribution in [-0.2, 0) is 24.3 Å². The molecule has 1 atom stereocenters. The first-order valence-electron chi connectivity index (χ1n) is 8.24. The summed E-state index contributed by atoms with van der Waals surface area (Å²) in [6.45, 7) is 3.14. The molecule has 26 heavy (non-hydrogen) atoms. The molecule has 9 heteroatoms. The van der Waals surface area contributed by atoms with E-state index >= 15 is 0 Å². The summed E-state index contributed by atoms with van der Waals surface area (Å²) in [6, 6.07) is 5.76. The zero-order valence-corrected chi connectivity index (χ0v) is 15.5. The van der Waals surface area contributed by atoms with Gasteiger partial charge in [0.05, 0.1) is 10.8 Å². The third-order valence-corrected chi connectivity index (χ3v) is 6.29. The SMILES string of the molecule is CC(=O)c1ccc(S(=O)(=O)N2CCC(C(=O)O[C@@H](C)C(N)=O)CC2)cc1. The van der Waals surface area contributed by atoms with Crippen LogP contribution in [0.1, 0.15) is 37.0 Å². The topological polar surface area (TPSA) is 124 Å². The Balaban J connectivity index is 2.01. The minimum absolute atomic E-state index is 0.103. The number of esters is 1. The number of carbonyl (C=O) groups is 3. The minimum atomic E-state index is -3.69. The van der Waals surface area contributed by atoms with Crippen LogP contribution in [0.2, 0.25) is 0 Å². The average molecular weight is 382 g/mol. The molecule has 0 radical (unpaired) electrons. The molecular weight excluding hydrogens is 360 g/mol. The summed E-state index contributed by atoms with van der Waals surface area (Å²) < 4.78 is 31.6. The number of hydrogen-bond acceptors (Lipinski definition) is 6. The van der Waals surface area contributed by atoms with E-state index < -0.39 is 33.9 Å². The molecule has 1 heterocycles. The summed E-state index contributed by atoms with van der Waals surface area (Å²) in [5.74, 6) is -1.88. The Morgan fingerprint density at radius 3 is 2.15 bits per heavy atom. The van der Waals surface area contributed by atoms with E-state index in [0.717, 1.165) is 0 Å². The minimum Gasteiger partial charge on any atom is -0.452 e. The highest BCUT2D eigenvalue weighted by molar-refractivity contribution is 7.89. The maximum atomic E-state index is 12.7. The van der Waals surface area contributed by atoms with E-state index in [-0.39, 0.29) is 23.8 Å². The Bertz CT molecular complexity index is 795. The number of ether oxygens (including phenoxy) is 1. The van der Waals surface area contributed by atoms with E-state index in [4.69, 9.17) is 10.5 Å². The number of nitrogens with two attached hydrogens (primary N) is 1. The van der Waals surface area contributed by atoms with Crippen LogP contribution >= 0.6 is 0 Å². The van der Waals surface area contributed by atoms with Gasteiger partial charge in [0.2, 0.25) is 10.0 Å². The van der Waals surface area contributed by atoms with Gasteiger partial charge in [-0.2, -0.15) is 4.31 Å². The van der Waals surface area contributed by atoms with Gasteiger partial charge in [-0.15, -0.1) is 0 Å². The second kappa shape index (κ2) is 7.96.